The van der Waals surface area contributed by atoms with E-state index in [4.69, 9.17) is 16.3 Å². The first kappa shape index (κ1) is 17.4. The summed E-state index contributed by atoms with van der Waals surface area (Å²) in [6.07, 6.45) is 0.625. The standard InChI is InChI=1S/C18H17ClN2O4/c1-20(10-15-8-12-4-2-3-5-14(12)11-25-15)18(22)13-6-7-16(19)17(9-13)21(23)24/h2-7,9,15H,8,10-11H2,1H3. The Morgan fingerprint density at radius 1 is 1.32 bits per heavy atom. The molecule has 1 amide bonds. The summed E-state index contributed by atoms with van der Waals surface area (Å²) in [5.74, 6) is -0.303. The van der Waals surface area contributed by atoms with E-state index in [1.54, 1.807) is 7.05 Å². The molecule has 3 rings (SSSR count). The molecule has 2 aromatic rings. The van der Waals surface area contributed by atoms with Crippen LogP contribution >= 0.6 is 11.6 Å². The lowest BCUT2D eigenvalue weighted by atomic mass is 9.99. The molecule has 1 aliphatic rings. The summed E-state index contributed by atoms with van der Waals surface area (Å²) in [6, 6.07) is 12.1. The third-order valence-corrected chi connectivity index (χ3v) is 4.57. The van der Waals surface area contributed by atoms with Crippen molar-refractivity contribution in [2.45, 2.75) is 19.1 Å². The van der Waals surface area contributed by atoms with Gasteiger partial charge in [-0.15, -0.1) is 0 Å². The van der Waals surface area contributed by atoms with Gasteiger partial charge in [-0.25, -0.2) is 0 Å². The summed E-state index contributed by atoms with van der Waals surface area (Å²) in [6.45, 7) is 0.929. The number of hydrogen-bond donors (Lipinski definition) is 0. The Kier molecular flexibility index (Phi) is 5.01. The minimum absolute atomic E-state index is 0.0106. The quantitative estimate of drug-likeness (QED) is 0.618. The predicted molar refractivity (Wildman–Crippen MR) is 93.8 cm³/mol. The van der Waals surface area contributed by atoms with Gasteiger partial charge in [0, 0.05) is 31.6 Å². The van der Waals surface area contributed by atoms with Crippen molar-refractivity contribution >= 4 is 23.2 Å². The number of carbonyl (C=O) groups is 1. The van der Waals surface area contributed by atoms with E-state index in [1.807, 2.05) is 18.2 Å². The monoisotopic (exact) mass is 360 g/mol. The van der Waals surface area contributed by atoms with E-state index >= 15 is 0 Å². The summed E-state index contributed by atoms with van der Waals surface area (Å²) < 4.78 is 5.82. The van der Waals surface area contributed by atoms with Crippen LogP contribution in [-0.4, -0.2) is 35.4 Å². The van der Waals surface area contributed by atoms with Crippen LogP contribution in [0.15, 0.2) is 42.5 Å². The number of rotatable bonds is 4. The zero-order chi connectivity index (χ0) is 18.0. The average Bonchev–Trinajstić information content (AvgIpc) is 2.61. The van der Waals surface area contributed by atoms with Gasteiger partial charge in [-0.1, -0.05) is 35.9 Å². The number of carbonyl (C=O) groups excluding carboxylic acids is 1. The lowest BCUT2D eigenvalue weighted by Crippen LogP contribution is -2.38. The molecular weight excluding hydrogens is 344 g/mol. The van der Waals surface area contributed by atoms with Crippen LogP contribution in [0.2, 0.25) is 5.02 Å². The smallest absolute Gasteiger partial charge is 0.288 e. The first-order valence-electron chi connectivity index (χ1n) is 7.83. The molecule has 0 spiro atoms. The molecule has 0 aliphatic carbocycles. The van der Waals surface area contributed by atoms with Crippen molar-refractivity contribution < 1.29 is 14.5 Å². The van der Waals surface area contributed by atoms with Crippen LogP contribution in [0.5, 0.6) is 0 Å². The van der Waals surface area contributed by atoms with Gasteiger partial charge < -0.3 is 9.64 Å². The molecule has 2 aromatic carbocycles. The van der Waals surface area contributed by atoms with Crippen molar-refractivity contribution in [2.24, 2.45) is 0 Å². The highest BCUT2D eigenvalue weighted by molar-refractivity contribution is 6.32. The van der Waals surface area contributed by atoms with E-state index in [-0.39, 0.29) is 28.3 Å². The molecule has 6 nitrogen and oxygen atoms in total. The molecule has 0 bridgehead atoms. The van der Waals surface area contributed by atoms with Crippen LogP contribution in [-0.2, 0) is 17.8 Å². The predicted octanol–water partition coefficient (Wildman–Crippen LogP) is 3.46. The van der Waals surface area contributed by atoms with Gasteiger partial charge >= 0.3 is 0 Å². The molecule has 1 heterocycles. The summed E-state index contributed by atoms with van der Waals surface area (Å²) in [7, 11) is 1.66. The van der Waals surface area contributed by atoms with Crippen molar-refractivity contribution in [3.63, 3.8) is 0 Å². The molecule has 0 saturated carbocycles. The lowest BCUT2D eigenvalue weighted by molar-refractivity contribution is -0.384. The van der Waals surface area contributed by atoms with Crippen LogP contribution in [0.1, 0.15) is 21.5 Å². The Labute approximate surface area is 150 Å². The van der Waals surface area contributed by atoms with Crippen LogP contribution < -0.4 is 0 Å². The molecule has 1 aliphatic heterocycles. The molecule has 130 valence electrons. The van der Waals surface area contributed by atoms with Crippen molar-refractivity contribution in [3.8, 4) is 0 Å². The maximum absolute atomic E-state index is 12.6. The largest absolute Gasteiger partial charge is 0.371 e. The van der Waals surface area contributed by atoms with Crippen molar-refractivity contribution in [1.29, 1.82) is 0 Å². The Bertz CT molecular complexity index is 824. The van der Waals surface area contributed by atoms with Gasteiger partial charge in [-0.2, -0.15) is 0 Å². The molecule has 7 heteroatoms. The number of nitrogens with zero attached hydrogens (tertiary/aromatic N) is 2. The normalized spacial score (nSPS) is 16.2. The number of ether oxygens (including phenoxy) is 1. The lowest BCUT2D eigenvalue weighted by Gasteiger charge is -2.29. The molecule has 1 atom stereocenters. The van der Waals surface area contributed by atoms with E-state index in [2.05, 4.69) is 6.07 Å². The number of hydrogen-bond acceptors (Lipinski definition) is 4. The Morgan fingerprint density at radius 3 is 2.76 bits per heavy atom. The molecule has 0 saturated heterocycles. The Morgan fingerprint density at radius 2 is 2.04 bits per heavy atom. The first-order valence-corrected chi connectivity index (χ1v) is 8.21. The zero-order valence-electron chi connectivity index (χ0n) is 13.6. The summed E-state index contributed by atoms with van der Waals surface area (Å²) in [5, 5.41) is 11.0. The second-order valence-corrected chi connectivity index (χ2v) is 6.42. The molecule has 25 heavy (non-hydrogen) atoms. The summed E-state index contributed by atoms with van der Waals surface area (Å²) in [4.78, 5) is 24.5. The van der Waals surface area contributed by atoms with Crippen molar-refractivity contribution in [1.82, 2.24) is 4.90 Å². The number of amides is 1. The number of likely N-dealkylation sites (N-methyl/N-ethyl adjacent to an activating group) is 1. The third kappa shape index (κ3) is 3.81. The maximum atomic E-state index is 12.6. The van der Waals surface area contributed by atoms with Gasteiger partial charge in [-0.05, 0) is 23.3 Å². The van der Waals surface area contributed by atoms with Crippen molar-refractivity contribution in [3.05, 3.63) is 74.3 Å². The fraction of sp³-hybridized carbons (Fsp3) is 0.278. The van der Waals surface area contributed by atoms with Crippen LogP contribution in [0.3, 0.4) is 0 Å². The maximum Gasteiger partial charge on any atom is 0.288 e. The average molecular weight is 361 g/mol. The van der Waals surface area contributed by atoms with E-state index in [0.717, 1.165) is 6.42 Å². The molecule has 1 unspecified atom stereocenters. The second-order valence-electron chi connectivity index (χ2n) is 6.01. The highest BCUT2D eigenvalue weighted by Crippen LogP contribution is 2.26. The van der Waals surface area contributed by atoms with Gasteiger partial charge in [0.15, 0.2) is 0 Å². The number of benzene rings is 2. The van der Waals surface area contributed by atoms with Gasteiger partial charge in [0.1, 0.15) is 5.02 Å². The number of nitro benzene ring substituents is 1. The highest BCUT2D eigenvalue weighted by atomic mass is 35.5. The minimum atomic E-state index is -0.597. The van der Waals surface area contributed by atoms with Gasteiger partial charge in [-0.3, -0.25) is 14.9 Å². The molecule has 0 fully saturated rings. The number of halogens is 1. The Balaban J connectivity index is 1.69. The second kappa shape index (κ2) is 7.21. The fourth-order valence-corrected chi connectivity index (χ4v) is 3.11. The molecule has 0 radical (unpaired) electrons. The van der Waals surface area contributed by atoms with E-state index in [9.17, 15) is 14.9 Å². The van der Waals surface area contributed by atoms with Gasteiger partial charge in [0.25, 0.3) is 11.6 Å². The van der Waals surface area contributed by atoms with E-state index in [0.29, 0.717) is 13.2 Å². The molecule has 0 N–H and O–H groups in total. The minimum Gasteiger partial charge on any atom is -0.371 e. The molecule has 0 aromatic heterocycles. The van der Waals surface area contributed by atoms with Crippen molar-refractivity contribution in [2.75, 3.05) is 13.6 Å². The third-order valence-electron chi connectivity index (χ3n) is 4.25. The fourth-order valence-electron chi connectivity index (χ4n) is 2.92. The Hall–Kier alpha value is -2.44. The van der Waals surface area contributed by atoms with Gasteiger partial charge in [0.2, 0.25) is 0 Å². The number of fused-ring (bicyclic) bond motifs is 1. The summed E-state index contributed by atoms with van der Waals surface area (Å²) in [5.41, 5.74) is 2.35. The van der Waals surface area contributed by atoms with Crippen LogP contribution in [0.25, 0.3) is 0 Å². The van der Waals surface area contributed by atoms with E-state index < -0.39 is 4.92 Å². The summed E-state index contributed by atoms with van der Waals surface area (Å²) >= 11 is 5.79. The van der Waals surface area contributed by atoms with E-state index in [1.165, 1.54) is 34.2 Å². The van der Waals surface area contributed by atoms with Crippen LogP contribution in [0, 0.1) is 10.1 Å². The number of nitro groups is 1. The van der Waals surface area contributed by atoms with Gasteiger partial charge in [0.05, 0.1) is 17.6 Å². The first-order chi connectivity index (χ1) is 12.0. The zero-order valence-corrected chi connectivity index (χ0v) is 14.4. The topological polar surface area (TPSA) is 72.7 Å². The van der Waals surface area contributed by atoms with Crippen LogP contribution in [0.4, 0.5) is 5.69 Å². The molecular formula is C18H17ClN2O4. The SMILES string of the molecule is CN(CC1Cc2ccccc2CO1)C(=O)c1ccc(Cl)c([N+](=O)[O-])c1. The highest BCUT2D eigenvalue weighted by Gasteiger charge is 2.24.